The maximum Gasteiger partial charge on any atom is 0.343 e. The highest BCUT2D eigenvalue weighted by Gasteiger charge is 2.21. The SMILES string of the molecule is CCCCCCCCC(CCCCCCCC)=C(C(=O)O)C(=O)O. The summed E-state index contributed by atoms with van der Waals surface area (Å²) in [6, 6.07) is 0. The van der Waals surface area contributed by atoms with Crippen molar-refractivity contribution in [2.45, 2.75) is 104 Å². The number of allylic oxidation sites excluding steroid dienone is 1. The van der Waals surface area contributed by atoms with E-state index in [-0.39, 0.29) is 0 Å². The van der Waals surface area contributed by atoms with E-state index >= 15 is 0 Å². The molecule has 4 nitrogen and oxygen atoms in total. The number of carboxylic acid groups (broad SMARTS) is 2. The lowest BCUT2D eigenvalue weighted by Gasteiger charge is -2.11. The molecule has 0 spiro atoms. The Morgan fingerprint density at radius 3 is 1.25 bits per heavy atom. The Balaban J connectivity index is 4.47. The standard InChI is InChI=1S/C20H36O4/c1-3-5-7-9-11-13-15-17(18(19(21)22)20(23)24)16-14-12-10-8-6-4-2/h3-16H2,1-2H3,(H,21,22)(H,23,24). The summed E-state index contributed by atoms with van der Waals surface area (Å²) in [5, 5.41) is 18.4. The van der Waals surface area contributed by atoms with Gasteiger partial charge in [-0.2, -0.15) is 0 Å². The van der Waals surface area contributed by atoms with Crippen LogP contribution in [0.1, 0.15) is 104 Å². The first-order valence-corrected chi connectivity index (χ1v) is 9.73. The van der Waals surface area contributed by atoms with Crippen molar-refractivity contribution in [2.75, 3.05) is 0 Å². The second kappa shape index (κ2) is 15.2. The molecule has 0 radical (unpaired) electrons. The zero-order valence-corrected chi connectivity index (χ0v) is 15.6. The van der Waals surface area contributed by atoms with Gasteiger partial charge in [0, 0.05) is 0 Å². The van der Waals surface area contributed by atoms with Gasteiger partial charge in [0.25, 0.3) is 0 Å². The normalized spacial score (nSPS) is 10.6. The predicted octanol–water partition coefficient (Wildman–Crippen LogP) is 5.95. The molecule has 0 unspecified atom stereocenters. The predicted molar refractivity (Wildman–Crippen MR) is 98.3 cm³/mol. The fourth-order valence-corrected chi connectivity index (χ4v) is 3.01. The van der Waals surface area contributed by atoms with Gasteiger partial charge in [-0.15, -0.1) is 0 Å². The Hall–Kier alpha value is -1.32. The molecule has 0 atom stereocenters. The van der Waals surface area contributed by atoms with E-state index in [2.05, 4.69) is 13.8 Å². The number of hydrogen-bond acceptors (Lipinski definition) is 2. The molecule has 0 aromatic carbocycles. The molecule has 140 valence electrons. The molecule has 0 aliphatic rings. The van der Waals surface area contributed by atoms with Gasteiger partial charge in [-0.1, -0.05) is 78.1 Å². The zero-order chi connectivity index (χ0) is 18.2. The lowest BCUT2D eigenvalue weighted by atomic mass is 9.95. The monoisotopic (exact) mass is 340 g/mol. The minimum Gasteiger partial charge on any atom is -0.477 e. The molecule has 0 aliphatic heterocycles. The Bertz CT molecular complexity index is 351. The van der Waals surface area contributed by atoms with Crippen LogP contribution in [0.15, 0.2) is 11.1 Å². The van der Waals surface area contributed by atoms with E-state index in [1.807, 2.05) is 0 Å². The molecule has 2 N–H and O–H groups in total. The van der Waals surface area contributed by atoms with E-state index in [9.17, 15) is 19.8 Å². The van der Waals surface area contributed by atoms with E-state index in [0.717, 1.165) is 38.5 Å². The maximum absolute atomic E-state index is 11.3. The average Bonchev–Trinajstić information content (AvgIpc) is 2.52. The Morgan fingerprint density at radius 1 is 0.583 bits per heavy atom. The van der Waals surface area contributed by atoms with E-state index in [4.69, 9.17) is 0 Å². The van der Waals surface area contributed by atoms with Crippen molar-refractivity contribution in [1.29, 1.82) is 0 Å². The fourth-order valence-electron chi connectivity index (χ4n) is 3.01. The lowest BCUT2D eigenvalue weighted by Crippen LogP contribution is -2.14. The van der Waals surface area contributed by atoms with Crippen LogP contribution < -0.4 is 0 Å². The van der Waals surface area contributed by atoms with Crippen LogP contribution in [0, 0.1) is 0 Å². The summed E-state index contributed by atoms with van der Waals surface area (Å²) < 4.78 is 0. The topological polar surface area (TPSA) is 74.6 Å². The first-order chi connectivity index (χ1) is 11.5. The van der Waals surface area contributed by atoms with Gasteiger partial charge in [-0.3, -0.25) is 0 Å². The quantitative estimate of drug-likeness (QED) is 0.157. The molecule has 0 fully saturated rings. The molecule has 0 amide bonds. The van der Waals surface area contributed by atoms with Crippen LogP contribution in [0.2, 0.25) is 0 Å². The molecule has 0 aromatic rings. The molecule has 4 heteroatoms. The van der Waals surface area contributed by atoms with Crippen molar-refractivity contribution < 1.29 is 19.8 Å². The minimum absolute atomic E-state index is 0.392. The van der Waals surface area contributed by atoms with Gasteiger partial charge < -0.3 is 10.2 Å². The number of aliphatic carboxylic acids is 2. The number of carboxylic acids is 2. The van der Waals surface area contributed by atoms with Gasteiger partial charge >= 0.3 is 11.9 Å². The summed E-state index contributed by atoms with van der Waals surface area (Å²) in [6.45, 7) is 4.35. The van der Waals surface area contributed by atoms with Gasteiger partial charge in [-0.25, -0.2) is 9.59 Å². The van der Waals surface area contributed by atoms with Crippen LogP contribution in [0.5, 0.6) is 0 Å². The second-order valence-corrected chi connectivity index (χ2v) is 6.62. The average molecular weight is 341 g/mol. The van der Waals surface area contributed by atoms with Gasteiger partial charge in [-0.05, 0) is 31.3 Å². The van der Waals surface area contributed by atoms with E-state index in [1.54, 1.807) is 0 Å². The third kappa shape index (κ3) is 11.3. The van der Waals surface area contributed by atoms with E-state index < -0.39 is 17.5 Å². The largest absolute Gasteiger partial charge is 0.477 e. The molecule has 0 rings (SSSR count). The minimum atomic E-state index is -1.30. The molecule has 0 aliphatic carbocycles. The van der Waals surface area contributed by atoms with Crippen molar-refractivity contribution in [3.8, 4) is 0 Å². The highest BCUT2D eigenvalue weighted by Crippen LogP contribution is 2.22. The van der Waals surface area contributed by atoms with Crippen LogP contribution in [0.25, 0.3) is 0 Å². The third-order valence-electron chi connectivity index (χ3n) is 4.45. The van der Waals surface area contributed by atoms with Crippen LogP contribution in [-0.4, -0.2) is 22.2 Å². The molecule has 0 aromatic heterocycles. The smallest absolute Gasteiger partial charge is 0.343 e. The third-order valence-corrected chi connectivity index (χ3v) is 4.45. The molecule has 0 bridgehead atoms. The van der Waals surface area contributed by atoms with Crippen molar-refractivity contribution in [2.24, 2.45) is 0 Å². The van der Waals surface area contributed by atoms with Gasteiger partial charge in [0.2, 0.25) is 0 Å². The van der Waals surface area contributed by atoms with Crippen LogP contribution in [0.3, 0.4) is 0 Å². The summed E-state index contributed by atoms with van der Waals surface area (Å²) in [4.78, 5) is 22.6. The van der Waals surface area contributed by atoms with Gasteiger partial charge in [0.1, 0.15) is 5.57 Å². The first-order valence-electron chi connectivity index (χ1n) is 9.73. The number of unbranched alkanes of at least 4 members (excludes halogenated alkanes) is 10. The van der Waals surface area contributed by atoms with Crippen molar-refractivity contribution in [3.63, 3.8) is 0 Å². The maximum atomic E-state index is 11.3. The lowest BCUT2D eigenvalue weighted by molar-refractivity contribution is -0.140. The molecule has 24 heavy (non-hydrogen) atoms. The summed E-state index contributed by atoms with van der Waals surface area (Å²) in [6.07, 6.45) is 14.7. The first kappa shape index (κ1) is 22.7. The number of carbonyl (C=O) groups is 2. The van der Waals surface area contributed by atoms with E-state index in [1.165, 1.54) is 38.5 Å². The van der Waals surface area contributed by atoms with E-state index in [0.29, 0.717) is 18.4 Å². The fraction of sp³-hybridized carbons (Fsp3) is 0.800. The van der Waals surface area contributed by atoms with Crippen LogP contribution >= 0.6 is 0 Å². The summed E-state index contributed by atoms with van der Waals surface area (Å²) in [5.74, 6) is -2.59. The molecular weight excluding hydrogens is 304 g/mol. The molecule has 0 saturated carbocycles. The van der Waals surface area contributed by atoms with Crippen LogP contribution in [0.4, 0.5) is 0 Å². The van der Waals surface area contributed by atoms with Crippen molar-refractivity contribution in [3.05, 3.63) is 11.1 Å². The highest BCUT2D eigenvalue weighted by atomic mass is 16.4. The Labute approximate surface area is 147 Å². The van der Waals surface area contributed by atoms with Crippen molar-refractivity contribution >= 4 is 11.9 Å². The zero-order valence-electron chi connectivity index (χ0n) is 15.6. The molecule has 0 heterocycles. The second-order valence-electron chi connectivity index (χ2n) is 6.62. The van der Waals surface area contributed by atoms with Crippen LogP contribution in [-0.2, 0) is 9.59 Å². The number of rotatable bonds is 16. The summed E-state index contributed by atoms with van der Waals surface area (Å²) in [7, 11) is 0. The van der Waals surface area contributed by atoms with Gasteiger partial charge in [0.05, 0.1) is 0 Å². The Kier molecular flexibility index (Phi) is 14.4. The molecule has 0 saturated heterocycles. The van der Waals surface area contributed by atoms with Crippen molar-refractivity contribution in [1.82, 2.24) is 0 Å². The van der Waals surface area contributed by atoms with Gasteiger partial charge in [0.15, 0.2) is 0 Å². The highest BCUT2D eigenvalue weighted by molar-refractivity contribution is 6.13. The Morgan fingerprint density at radius 2 is 0.917 bits per heavy atom. The summed E-state index contributed by atoms with van der Waals surface area (Å²) >= 11 is 0. The molecular formula is C20H36O4. The summed E-state index contributed by atoms with van der Waals surface area (Å²) in [5.41, 5.74) is 0.234. The number of hydrogen-bond donors (Lipinski definition) is 2.